The first-order valence-corrected chi connectivity index (χ1v) is 6.81. The van der Waals surface area contributed by atoms with Gasteiger partial charge in [0.2, 0.25) is 11.8 Å². The Kier molecular flexibility index (Phi) is 3.00. The number of carbonyl (C=O) groups is 2. The van der Waals surface area contributed by atoms with Gasteiger partial charge >= 0.3 is 0 Å². The fourth-order valence-corrected chi connectivity index (χ4v) is 3.16. The van der Waals surface area contributed by atoms with Crippen LogP contribution in [0.3, 0.4) is 0 Å². The molecule has 1 saturated heterocycles. The second kappa shape index (κ2) is 4.66. The van der Waals surface area contributed by atoms with Crippen LogP contribution in [0.1, 0.15) is 17.0 Å². The molecule has 3 N–H and O–H groups in total. The lowest BCUT2D eigenvalue weighted by Crippen LogP contribution is -2.24. The highest BCUT2D eigenvalue weighted by atomic mass is 32.1. The summed E-state index contributed by atoms with van der Waals surface area (Å²) >= 11 is 1.51. The smallest absolute Gasteiger partial charge is 0.231 e. The van der Waals surface area contributed by atoms with Crippen LogP contribution < -0.4 is 16.0 Å². The summed E-state index contributed by atoms with van der Waals surface area (Å²) in [5.74, 6) is -0.443. The molecule has 0 aromatic carbocycles. The zero-order valence-electron chi connectivity index (χ0n) is 9.78. The van der Waals surface area contributed by atoms with E-state index in [1.807, 2.05) is 0 Å². The van der Waals surface area contributed by atoms with Gasteiger partial charge in [-0.3, -0.25) is 9.59 Å². The number of rotatable bonds is 2. The van der Waals surface area contributed by atoms with Crippen LogP contribution in [0.2, 0.25) is 0 Å². The minimum atomic E-state index is -0.267. The number of amides is 2. The van der Waals surface area contributed by atoms with E-state index in [0.29, 0.717) is 11.7 Å². The molecule has 2 aliphatic heterocycles. The van der Waals surface area contributed by atoms with Crippen LogP contribution in [-0.4, -0.2) is 29.9 Å². The fraction of sp³-hybridized carbons (Fsp3) is 0.545. The SMILES string of the molecule is O=C1CC(C(=O)Nc2nc3c(s2)CNCC3)CN1. The van der Waals surface area contributed by atoms with Crippen molar-refractivity contribution in [1.82, 2.24) is 15.6 Å². The standard InChI is InChI=1S/C11H14N4O2S/c16-9-3-6(4-13-9)10(17)15-11-14-7-1-2-12-5-8(7)18-11/h6,12H,1-5H2,(H,13,16)(H,14,15,17). The van der Waals surface area contributed by atoms with Crippen LogP contribution in [-0.2, 0) is 22.6 Å². The quantitative estimate of drug-likeness (QED) is 0.696. The second-order valence-electron chi connectivity index (χ2n) is 4.51. The van der Waals surface area contributed by atoms with Gasteiger partial charge in [0.05, 0.1) is 11.6 Å². The summed E-state index contributed by atoms with van der Waals surface area (Å²) in [6, 6.07) is 0. The largest absolute Gasteiger partial charge is 0.355 e. The number of thiazole rings is 1. The molecule has 0 bridgehead atoms. The molecule has 96 valence electrons. The summed E-state index contributed by atoms with van der Waals surface area (Å²) in [5.41, 5.74) is 1.08. The summed E-state index contributed by atoms with van der Waals surface area (Å²) in [6.07, 6.45) is 1.18. The molecule has 0 spiro atoms. The molecule has 2 amide bonds. The minimum Gasteiger partial charge on any atom is -0.355 e. The number of nitrogens with one attached hydrogen (secondary N) is 3. The van der Waals surface area contributed by atoms with Crippen LogP contribution in [0.5, 0.6) is 0 Å². The van der Waals surface area contributed by atoms with E-state index in [-0.39, 0.29) is 24.2 Å². The molecule has 3 heterocycles. The molecule has 1 atom stereocenters. The molecule has 1 unspecified atom stereocenters. The number of carbonyl (C=O) groups excluding carboxylic acids is 2. The van der Waals surface area contributed by atoms with Crippen LogP contribution in [0, 0.1) is 5.92 Å². The Balaban J connectivity index is 1.67. The maximum absolute atomic E-state index is 11.9. The molecule has 1 fully saturated rings. The average Bonchev–Trinajstić information content (AvgIpc) is 2.94. The Morgan fingerprint density at radius 1 is 1.50 bits per heavy atom. The van der Waals surface area contributed by atoms with Crippen LogP contribution in [0.15, 0.2) is 0 Å². The van der Waals surface area contributed by atoms with Gasteiger partial charge in [-0.05, 0) is 0 Å². The van der Waals surface area contributed by atoms with Gasteiger partial charge < -0.3 is 16.0 Å². The Hall–Kier alpha value is -1.47. The molecular formula is C11H14N4O2S. The molecule has 1 aromatic rings. The van der Waals surface area contributed by atoms with Gasteiger partial charge in [-0.1, -0.05) is 0 Å². The minimum absolute atomic E-state index is 0.0576. The van der Waals surface area contributed by atoms with Gasteiger partial charge in [0.15, 0.2) is 5.13 Å². The van der Waals surface area contributed by atoms with Gasteiger partial charge in [-0.15, -0.1) is 11.3 Å². The summed E-state index contributed by atoms with van der Waals surface area (Å²) in [4.78, 5) is 28.6. The van der Waals surface area contributed by atoms with Crippen molar-refractivity contribution in [3.8, 4) is 0 Å². The maximum Gasteiger partial charge on any atom is 0.231 e. The lowest BCUT2D eigenvalue weighted by atomic mass is 10.1. The highest BCUT2D eigenvalue weighted by Gasteiger charge is 2.28. The molecular weight excluding hydrogens is 252 g/mol. The van der Waals surface area contributed by atoms with Crippen molar-refractivity contribution in [1.29, 1.82) is 0 Å². The zero-order chi connectivity index (χ0) is 12.5. The lowest BCUT2D eigenvalue weighted by Gasteiger charge is -2.09. The summed E-state index contributed by atoms with van der Waals surface area (Å²) < 4.78 is 0. The van der Waals surface area contributed by atoms with Gasteiger partial charge in [0.25, 0.3) is 0 Å². The molecule has 0 radical (unpaired) electrons. The summed E-state index contributed by atoms with van der Waals surface area (Å²) in [6.45, 7) is 2.19. The van der Waals surface area contributed by atoms with Crippen molar-refractivity contribution < 1.29 is 9.59 Å². The van der Waals surface area contributed by atoms with Crippen molar-refractivity contribution in [3.05, 3.63) is 10.6 Å². The third-order valence-corrected chi connectivity index (χ3v) is 4.19. The predicted octanol–water partition coefficient (Wildman–Crippen LogP) is -0.137. The molecule has 2 aliphatic rings. The highest BCUT2D eigenvalue weighted by Crippen LogP contribution is 2.26. The number of nitrogens with zero attached hydrogens (tertiary/aromatic N) is 1. The summed E-state index contributed by atoms with van der Waals surface area (Å²) in [7, 11) is 0. The Morgan fingerprint density at radius 3 is 3.11 bits per heavy atom. The third-order valence-electron chi connectivity index (χ3n) is 3.18. The van der Waals surface area contributed by atoms with Crippen molar-refractivity contribution in [2.24, 2.45) is 5.92 Å². The molecule has 0 aliphatic carbocycles. The van der Waals surface area contributed by atoms with Crippen LogP contribution in [0.25, 0.3) is 0 Å². The Labute approximate surface area is 108 Å². The number of hydrogen-bond acceptors (Lipinski definition) is 5. The van der Waals surface area contributed by atoms with Crippen molar-refractivity contribution >= 4 is 28.3 Å². The van der Waals surface area contributed by atoms with E-state index < -0.39 is 0 Å². The molecule has 7 heteroatoms. The molecule has 1 aromatic heterocycles. The first-order chi connectivity index (χ1) is 8.72. The van der Waals surface area contributed by atoms with Crippen LogP contribution >= 0.6 is 11.3 Å². The first kappa shape index (κ1) is 11.6. The number of anilines is 1. The zero-order valence-corrected chi connectivity index (χ0v) is 10.6. The lowest BCUT2D eigenvalue weighted by molar-refractivity contribution is -0.123. The van der Waals surface area contributed by atoms with E-state index in [0.717, 1.165) is 25.2 Å². The topological polar surface area (TPSA) is 83.1 Å². The van der Waals surface area contributed by atoms with E-state index in [1.165, 1.54) is 16.2 Å². The van der Waals surface area contributed by atoms with Crippen LogP contribution in [0.4, 0.5) is 5.13 Å². The predicted molar refractivity (Wildman–Crippen MR) is 67.3 cm³/mol. The normalized spacial score (nSPS) is 22.4. The molecule has 3 rings (SSSR count). The van der Waals surface area contributed by atoms with Gasteiger partial charge in [-0.2, -0.15) is 0 Å². The molecule has 0 saturated carbocycles. The molecule has 6 nitrogen and oxygen atoms in total. The van der Waals surface area contributed by atoms with Gasteiger partial charge in [0.1, 0.15) is 0 Å². The van der Waals surface area contributed by atoms with E-state index in [2.05, 4.69) is 20.9 Å². The first-order valence-electron chi connectivity index (χ1n) is 5.99. The Morgan fingerprint density at radius 2 is 2.39 bits per heavy atom. The monoisotopic (exact) mass is 266 g/mol. The van der Waals surface area contributed by atoms with Crippen molar-refractivity contribution in [2.45, 2.75) is 19.4 Å². The second-order valence-corrected chi connectivity index (χ2v) is 5.59. The average molecular weight is 266 g/mol. The maximum atomic E-state index is 11.9. The number of aromatic nitrogens is 1. The van der Waals surface area contributed by atoms with Gasteiger partial charge in [0, 0.05) is 37.4 Å². The summed E-state index contributed by atoms with van der Waals surface area (Å²) in [5, 5.41) is 9.39. The molecule has 18 heavy (non-hydrogen) atoms. The van der Waals surface area contributed by atoms with Gasteiger partial charge in [-0.25, -0.2) is 4.98 Å². The van der Waals surface area contributed by atoms with E-state index in [4.69, 9.17) is 0 Å². The highest BCUT2D eigenvalue weighted by molar-refractivity contribution is 7.15. The van der Waals surface area contributed by atoms with E-state index in [9.17, 15) is 9.59 Å². The van der Waals surface area contributed by atoms with Crippen molar-refractivity contribution in [3.63, 3.8) is 0 Å². The van der Waals surface area contributed by atoms with E-state index in [1.54, 1.807) is 0 Å². The Bertz CT molecular complexity index is 476. The van der Waals surface area contributed by atoms with Crippen molar-refractivity contribution in [2.75, 3.05) is 18.4 Å². The van der Waals surface area contributed by atoms with E-state index >= 15 is 0 Å². The third kappa shape index (κ3) is 2.23. The fourth-order valence-electron chi connectivity index (χ4n) is 2.18. The number of fused-ring (bicyclic) bond motifs is 1. The number of hydrogen-bond donors (Lipinski definition) is 3.